The van der Waals surface area contributed by atoms with Gasteiger partial charge in [0, 0.05) is 32.6 Å². The molecular formula is C56H66F4N2O18. The Labute approximate surface area is 457 Å². The molecule has 6 heterocycles. The molecule has 20 nitrogen and oxygen atoms in total. The highest BCUT2D eigenvalue weighted by atomic mass is 19.1. The molecule has 0 amide bonds. The molecule has 0 aliphatic carbocycles. The summed E-state index contributed by atoms with van der Waals surface area (Å²) in [6, 6.07) is 17.0. The predicted octanol–water partition coefficient (Wildman–Crippen LogP) is 2.27. The number of carboxylic acids is 2. The first-order valence-corrected chi connectivity index (χ1v) is 26.7. The number of aryl methyl sites for hydroxylation is 4. The average molecular weight is 1130 g/mol. The Hall–Kier alpha value is -5.74. The summed E-state index contributed by atoms with van der Waals surface area (Å²) in [5, 5.41) is 87.7. The average Bonchev–Trinajstić information content (AvgIpc) is 3.47. The summed E-state index contributed by atoms with van der Waals surface area (Å²) in [4.78, 5) is 22.8. The molecule has 80 heavy (non-hydrogen) atoms. The van der Waals surface area contributed by atoms with Crippen molar-refractivity contribution in [1.29, 1.82) is 0 Å². The first-order chi connectivity index (χ1) is 38.4. The van der Waals surface area contributed by atoms with Gasteiger partial charge in [0.05, 0.1) is 12.7 Å². The van der Waals surface area contributed by atoms with Crippen LogP contribution in [0.15, 0.2) is 72.8 Å². The molecule has 0 radical (unpaired) electrons. The van der Waals surface area contributed by atoms with E-state index in [0.717, 1.165) is 16.7 Å². The molecule has 10 N–H and O–H groups in total. The van der Waals surface area contributed by atoms with Crippen LogP contribution in [0.2, 0.25) is 0 Å². The Morgan fingerprint density at radius 3 is 1.34 bits per heavy atom. The smallest absolute Gasteiger partial charge is 0.335 e. The molecular weight excluding hydrogens is 1060 g/mol. The Bertz CT molecular complexity index is 2770. The summed E-state index contributed by atoms with van der Waals surface area (Å²) in [5.74, 6) is -2.06. The van der Waals surface area contributed by atoms with Crippen LogP contribution >= 0.6 is 0 Å². The van der Waals surface area contributed by atoms with E-state index < -0.39 is 116 Å². The molecule has 10 rings (SSSR count). The Kier molecular flexibility index (Phi) is 19.5. The van der Waals surface area contributed by atoms with E-state index in [1.807, 2.05) is 0 Å². The topological polar surface area (TPSA) is 294 Å². The van der Waals surface area contributed by atoms with E-state index >= 15 is 0 Å². The van der Waals surface area contributed by atoms with Crippen molar-refractivity contribution in [3.63, 3.8) is 0 Å². The van der Waals surface area contributed by atoms with Crippen molar-refractivity contribution in [2.24, 2.45) is 0 Å². The number of aliphatic carboxylic acids is 2. The van der Waals surface area contributed by atoms with Crippen LogP contribution in [-0.2, 0) is 54.2 Å². The maximum atomic E-state index is 13.7. The maximum absolute atomic E-state index is 13.7. The molecule has 2 saturated heterocycles. The van der Waals surface area contributed by atoms with Gasteiger partial charge in [0.2, 0.25) is 0 Å². The second-order valence-electron chi connectivity index (χ2n) is 20.8. The van der Waals surface area contributed by atoms with E-state index in [4.69, 9.17) is 37.9 Å². The highest BCUT2D eigenvalue weighted by molar-refractivity contribution is 5.73. The number of benzene rings is 4. The van der Waals surface area contributed by atoms with Crippen molar-refractivity contribution in [1.82, 2.24) is 10.6 Å². The van der Waals surface area contributed by atoms with Gasteiger partial charge in [-0.2, -0.15) is 0 Å². The lowest BCUT2D eigenvalue weighted by atomic mass is 9.97. The first-order valence-electron chi connectivity index (χ1n) is 26.7. The third kappa shape index (κ3) is 14.5. The van der Waals surface area contributed by atoms with Gasteiger partial charge < -0.3 is 89.4 Å². The van der Waals surface area contributed by atoms with E-state index in [2.05, 4.69) is 10.6 Å². The molecule has 16 atom stereocenters. The van der Waals surface area contributed by atoms with Gasteiger partial charge in [-0.15, -0.1) is 0 Å². The third-order valence-corrected chi connectivity index (χ3v) is 15.2. The van der Waals surface area contributed by atoms with Crippen LogP contribution in [0, 0.1) is 23.3 Å². The summed E-state index contributed by atoms with van der Waals surface area (Å²) >= 11 is 0. The second-order valence-corrected chi connectivity index (χ2v) is 20.8. The lowest BCUT2D eigenvalue weighted by Gasteiger charge is -2.41. The number of hydrogen-bond donors (Lipinski definition) is 10. The molecule has 16 unspecified atom stereocenters. The summed E-state index contributed by atoms with van der Waals surface area (Å²) in [6.07, 6.45) is -13.3. The molecule has 6 aliphatic rings. The van der Waals surface area contributed by atoms with E-state index in [1.165, 1.54) is 60.7 Å². The zero-order valence-corrected chi connectivity index (χ0v) is 43.2. The number of rotatable bonds is 18. The summed E-state index contributed by atoms with van der Waals surface area (Å²) < 4.78 is 101. The van der Waals surface area contributed by atoms with Crippen molar-refractivity contribution in [3.8, 4) is 23.0 Å². The summed E-state index contributed by atoms with van der Waals surface area (Å²) in [7, 11) is 0. The van der Waals surface area contributed by atoms with E-state index in [9.17, 15) is 68.0 Å². The van der Waals surface area contributed by atoms with Crippen molar-refractivity contribution < 1.29 is 106 Å². The van der Waals surface area contributed by atoms with Crippen LogP contribution < -0.4 is 29.6 Å². The van der Waals surface area contributed by atoms with Crippen molar-refractivity contribution >= 4 is 11.9 Å². The van der Waals surface area contributed by atoms with Crippen molar-refractivity contribution in [2.45, 2.75) is 156 Å². The number of hydrogen-bond acceptors (Lipinski definition) is 18. The highest BCUT2D eigenvalue weighted by Gasteiger charge is 2.49. The molecule has 24 heteroatoms. The van der Waals surface area contributed by atoms with Gasteiger partial charge in [0.1, 0.15) is 120 Å². The zero-order valence-electron chi connectivity index (χ0n) is 43.2. The van der Waals surface area contributed by atoms with Crippen LogP contribution in [-0.4, -0.2) is 183 Å². The van der Waals surface area contributed by atoms with E-state index in [1.54, 1.807) is 12.1 Å². The normalized spacial score (nSPS) is 29.3. The molecule has 4 aromatic rings. The first kappa shape index (κ1) is 58.9. The summed E-state index contributed by atoms with van der Waals surface area (Å²) in [5.41, 5.74) is 2.92. The third-order valence-electron chi connectivity index (χ3n) is 15.2. The minimum atomic E-state index is -1.88. The number of ether oxygens (including phenoxy) is 8. The number of fused-ring (bicyclic) bond motifs is 4. The zero-order chi connectivity index (χ0) is 56.8. The standard InChI is InChI=1S/C28H33F2NO10.C28H33F2NO8/c29-15-3-7-18-13(9-15)1-5-20(38-18)17(32)11-31-12-22(21-6-2-14-10-16(30)4-8-19(14)39-21)40-28-25(35)23(33)24(34)26(41-28)27(36)37;29-17-3-7-21-15(9-17)1-5-23(37-21)20(33)12-31-13-26(39-27-14-36-25(28(34)35)11-19(27)32)24-6-2-16-10-18(30)4-8-22(16)38-24/h3-4,7-10,17,20-26,28,31-35H,1-2,5-6,11-12H2,(H,36,37);3-4,7-10,19-20,23-27,31-33H,1-2,5-6,11-14H2,(H,34,35). The van der Waals surface area contributed by atoms with Crippen molar-refractivity contribution in [2.75, 3.05) is 32.8 Å². The number of aliphatic hydroxyl groups is 6. The van der Waals surface area contributed by atoms with Crippen LogP contribution in [0.5, 0.6) is 23.0 Å². The number of nitrogens with one attached hydrogen (secondary N) is 2. The fraction of sp³-hybridized carbons (Fsp3) is 0.536. The van der Waals surface area contributed by atoms with Gasteiger partial charge in [-0.3, -0.25) is 0 Å². The lowest BCUT2D eigenvalue weighted by Crippen LogP contribution is -2.62. The summed E-state index contributed by atoms with van der Waals surface area (Å²) in [6.45, 7) is 0.429. The number of carbonyl (C=O) groups is 2. The Morgan fingerprint density at radius 2 is 0.938 bits per heavy atom. The Morgan fingerprint density at radius 1 is 0.537 bits per heavy atom. The SMILES string of the molecule is O=C(O)C1CC(O)C(OC(CNCC(O)C2CCc3cc(F)ccc3O2)C2CCc3cc(F)ccc3O2)CO1.O=C(O)C1OC(OC(CNCC(O)C2CCc3cc(F)ccc3O2)C2CCc3cc(F)ccc3O2)C(O)C(O)C1O. The van der Waals surface area contributed by atoms with Gasteiger partial charge in [-0.05, 0) is 146 Å². The predicted molar refractivity (Wildman–Crippen MR) is 270 cm³/mol. The van der Waals surface area contributed by atoms with Gasteiger partial charge >= 0.3 is 11.9 Å². The highest BCUT2D eigenvalue weighted by Crippen LogP contribution is 2.35. The van der Waals surface area contributed by atoms with Gasteiger partial charge in [-0.25, -0.2) is 27.2 Å². The lowest BCUT2D eigenvalue weighted by molar-refractivity contribution is -0.309. The van der Waals surface area contributed by atoms with E-state index in [-0.39, 0.29) is 56.7 Å². The monoisotopic (exact) mass is 1130 g/mol. The van der Waals surface area contributed by atoms with Crippen LogP contribution in [0.1, 0.15) is 54.4 Å². The van der Waals surface area contributed by atoms with Crippen LogP contribution in [0.25, 0.3) is 0 Å². The molecule has 6 aliphatic heterocycles. The van der Waals surface area contributed by atoms with Crippen molar-refractivity contribution in [3.05, 3.63) is 118 Å². The quantitative estimate of drug-likeness (QED) is 0.0640. The number of carboxylic acid groups (broad SMARTS) is 2. The van der Waals surface area contributed by atoms with Gasteiger partial charge in [0.15, 0.2) is 18.5 Å². The molecule has 0 aromatic heterocycles. The van der Waals surface area contributed by atoms with Crippen LogP contribution in [0.3, 0.4) is 0 Å². The second kappa shape index (κ2) is 26.4. The molecule has 2 fully saturated rings. The molecule has 4 aromatic carbocycles. The molecule has 0 spiro atoms. The molecule has 0 bridgehead atoms. The minimum Gasteiger partial charge on any atom is -0.487 e. The van der Waals surface area contributed by atoms with Gasteiger partial charge in [-0.1, -0.05) is 0 Å². The largest absolute Gasteiger partial charge is 0.487 e. The fourth-order valence-corrected chi connectivity index (χ4v) is 10.7. The fourth-order valence-electron chi connectivity index (χ4n) is 10.7. The maximum Gasteiger partial charge on any atom is 0.335 e. The molecule has 0 saturated carbocycles. The number of aliphatic hydroxyl groups excluding tert-OH is 6. The Balaban J connectivity index is 0.000000194. The molecule has 436 valence electrons. The number of halogens is 4. The van der Waals surface area contributed by atoms with Crippen LogP contribution in [0.4, 0.5) is 17.6 Å². The minimum absolute atomic E-state index is 0.0374. The van der Waals surface area contributed by atoms with E-state index in [0.29, 0.717) is 79.9 Å². The van der Waals surface area contributed by atoms with Gasteiger partial charge in [0.25, 0.3) is 0 Å².